The summed E-state index contributed by atoms with van der Waals surface area (Å²) in [5.74, 6) is 0.0830. The molecule has 0 atom stereocenters. The van der Waals surface area contributed by atoms with E-state index in [1.54, 1.807) is 6.07 Å². The van der Waals surface area contributed by atoms with Crippen molar-refractivity contribution in [3.05, 3.63) is 57.4 Å². The van der Waals surface area contributed by atoms with E-state index in [4.69, 9.17) is 4.74 Å². The maximum Gasteiger partial charge on any atom is 0.343 e. The standard InChI is InChI=1S/C24H29N9O4/c1-15-4-2-3-5-17(15)26-24-28-20(23(34)25-8-9-32-10-12-37-13-11-32)21(33(35)36)22(29-24)27-19-14-18(30-31-19)16-6-7-16/h2-5,14,16H,6-13H2,1H3,(H,25,34)(H3,26,27,28,29,30,31). The first-order valence-electron chi connectivity index (χ1n) is 12.3. The Kier molecular flexibility index (Phi) is 7.23. The van der Waals surface area contributed by atoms with Crippen LogP contribution in [0.5, 0.6) is 0 Å². The van der Waals surface area contributed by atoms with Crippen molar-refractivity contribution in [1.29, 1.82) is 0 Å². The van der Waals surface area contributed by atoms with Crippen LogP contribution in [-0.2, 0) is 4.74 Å². The lowest BCUT2D eigenvalue weighted by Gasteiger charge is -2.26. The van der Waals surface area contributed by atoms with E-state index < -0.39 is 16.5 Å². The van der Waals surface area contributed by atoms with Gasteiger partial charge in [-0.25, -0.2) is 4.98 Å². The molecule has 1 saturated carbocycles. The summed E-state index contributed by atoms with van der Waals surface area (Å²) in [5.41, 5.74) is 1.75. The van der Waals surface area contributed by atoms with E-state index >= 15 is 0 Å². The molecule has 2 aromatic heterocycles. The Morgan fingerprint density at radius 1 is 1.22 bits per heavy atom. The predicted octanol–water partition coefficient (Wildman–Crippen LogP) is 2.84. The van der Waals surface area contributed by atoms with Gasteiger partial charge in [-0.15, -0.1) is 0 Å². The van der Waals surface area contributed by atoms with Crippen LogP contribution >= 0.6 is 0 Å². The number of carbonyl (C=O) groups is 1. The quantitative estimate of drug-likeness (QED) is 0.237. The number of amides is 1. The van der Waals surface area contributed by atoms with Crippen molar-refractivity contribution < 1.29 is 14.5 Å². The number of rotatable bonds is 10. The fraction of sp³-hybridized carbons (Fsp3) is 0.417. The predicted molar refractivity (Wildman–Crippen MR) is 137 cm³/mol. The largest absolute Gasteiger partial charge is 0.379 e. The summed E-state index contributed by atoms with van der Waals surface area (Å²) in [6.07, 6.45) is 2.16. The Morgan fingerprint density at radius 3 is 2.73 bits per heavy atom. The Bertz CT molecular complexity index is 1280. The maximum atomic E-state index is 13.2. The van der Waals surface area contributed by atoms with Crippen molar-refractivity contribution in [3.8, 4) is 0 Å². The SMILES string of the molecule is Cc1ccccc1Nc1nc(Nc2cc(C3CC3)[nH]n2)c([N+](=O)[O-])c(C(=O)NCCN2CCOCC2)n1. The lowest BCUT2D eigenvalue weighted by Crippen LogP contribution is -2.41. The van der Waals surface area contributed by atoms with Gasteiger partial charge in [0.2, 0.25) is 17.5 Å². The Hall–Kier alpha value is -4.10. The van der Waals surface area contributed by atoms with Crippen LogP contribution in [0.2, 0.25) is 0 Å². The van der Waals surface area contributed by atoms with Crippen LogP contribution in [0.1, 0.15) is 40.5 Å². The summed E-state index contributed by atoms with van der Waals surface area (Å²) >= 11 is 0. The van der Waals surface area contributed by atoms with E-state index in [1.807, 2.05) is 31.2 Å². The minimum Gasteiger partial charge on any atom is -0.379 e. The monoisotopic (exact) mass is 507 g/mol. The molecule has 1 aliphatic heterocycles. The number of benzene rings is 1. The normalized spacial score (nSPS) is 15.8. The van der Waals surface area contributed by atoms with E-state index in [0.717, 1.165) is 42.9 Å². The van der Waals surface area contributed by atoms with E-state index in [0.29, 0.717) is 38.0 Å². The molecule has 37 heavy (non-hydrogen) atoms. The average molecular weight is 508 g/mol. The third-order valence-corrected chi connectivity index (χ3v) is 6.35. The summed E-state index contributed by atoms with van der Waals surface area (Å²) in [4.78, 5) is 35.4. The fourth-order valence-corrected chi connectivity index (χ4v) is 4.12. The molecule has 1 amide bonds. The van der Waals surface area contributed by atoms with Gasteiger partial charge in [-0.3, -0.25) is 24.9 Å². The Labute approximate surface area is 213 Å². The summed E-state index contributed by atoms with van der Waals surface area (Å²) in [7, 11) is 0. The molecule has 2 fully saturated rings. The number of nitrogens with zero attached hydrogens (tertiary/aromatic N) is 5. The number of nitro groups is 1. The van der Waals surface area contributed by atoms with Crippen molar-refractivity contribution in [2.24, 2.45) is 0 Å². The van der Waals surface area contributed by atoms with Crippen LogP contribution in [0, 0.1) is 17.0 Å². The van der Waals surface area contributed by atoms with E-state index in [2.05, 4.69) is 41.0 Å². The first kappa shape index (κ1) is 24.6. The zero-order chi connectivity index (χ0) is 25.8. The minimum absolute atomic E-state index is 0.0543. The molecular weight excluding hydrogens is 478 g/mol. The molecule has 1 aromatic carbocycles. The lowest BCUT2D eigenvalue weighted by atomic mass is 10.2. The number of hydrogen-bond donors (Lipinski definition) is 4. The van der Waals surface area contributed by atoms with Crippen molar-refractivity contribution in [2.45, 2.75) is 25.7 Å². The second kappa shape index (κ2) is 10.9. The molecule has 13 heteroatoms. The molecular formula is C24H29N9O4. The van der Waals surface area contributed by atoms with Gasteiger partial charge in [0, 0.05) is 49.5 Å². The summed E-state index contributed by atoms with van der Waals surface area (Å²) < 4.78 is 5.35. The number of aromatic amines is 1. The van der Waals surface area contributed by atoms with Crippen LogP contribution in [0.25, 0.3) is 0 Å². The zero-order valence-corrected chi connectivity index (χ0v) is 20.5. The van der Waals surface area contributed by atoms with E-state index in [-0.39, 0.29) is 17.5 Å². The average Bonchev–Trinajstić information content (AvgIpc) is 3.64. The minimum atomic E-state index is -0.654. The third-order valence-electron chi connectivity index (χ3n) is 6.35. The Balaban J connectivity index is 1.44. The summed E-state index contributed by atoms with van der Waals surface area (Å²) in [6.45, 7) is 5.66. The second-order valence-electron chi connectivity index (χ2n) is 9.11. The highest BCUT2D eigenvalue weighted by Crippen LogP contribution is 2.40. The number of aromatic nitrogens is 4. The van der Waals surface area contributed by atoms with Gasteiger partial charge < -0.3 is 20.7 Å². The molecule has 3 aromatic rings. The van der Waals surface area contributed by atoms with Crippen molar-refractivity contribution >= 4 is 34.9 Å². The van der Waals surface area contributed by atoms with Gasteiger partial charge in [-0.1, -0.05) is 18.2 Å². The van der Waals surface area contributed by atoms with Crippen molar-refractivity contribution in [1.82, 2.24) is 30.4 Å². The number of anilines is 4. The number of para-hydroxylation sites is 1. The third kappa shape index (κ3) is 6.01. The number of aryl methyl sites for hydroxylation is 1. The highest BCUT2D eigenvalue weighted by molar-refractivity contribution is 5.98. The highest BCUT2D eigenvalue weighted by Gasteiger charge is 2.31. The molecule has 0 unspecified atom stereocenters. The number of morpholine rings is 1. The van der Waals surface area contributed by atoms with Crippen LogP contribution in [0.4, 0.5) is 29.0 Å². The molecule has 0 bridgehead atoms. The Morgan fingerprint density at radius 2 is 2.00 bits per heavy atom. The second-order valence-corrected chi connectivity index (χ2v) is 9.11. The van der Waals surface area contributed by atoms with Crippen LogP contribution in [-0.4, -0.2) is 75.3 Å². The van der Waals surface area contributed by atoms with Gasteiger partial charge in [0.1, 0.15) is 0 Å². The topological polar surface area (TPSA) is 163 Å². The molecule has 194 valence electrons. The molecule has 4 N–H and O–H groups in total. The summed E-state index contributed by atoms with van der Waals surface area (Å²) in [5, 5.41) is 28.1. The van der Waals surface area contributed by atoms with Crippen molar-refractivity contribution in [3.63, 3.8) is 0 Å². The number of ether oxygens (including phenoxy) is 1. The molecule has 0 radical (unpaired) electrons. The van der Waals surface area contributed by atoms with E-state index in [9.17, 15) is 14.9 Å². The number of H-pyrrole nitrogens is 1. The molecule has 1 aliphatic carbocycles. The van der Waals surface area contributed by atoms with E-state index in [1.165, 1.54) is 0 Å². The van der Waals surface area contributed by atoms with Crippen molar-refractivity contribution in [2.75, 3.05) is 50.0 Å². The van der Waals surface area contributed by atoms with Gasteiger partial charge in [0.05, 0.1) is 18.1 Å². The van der Waals surface area contributed by atoms with Crippen LogP contribution in [0.3, 0.4) is 0 Å². The van der Waals surface area contributed by atoms with Gasteiger partial charge >= 0.3 is 5.69 Å². The number of hydrogen-bond acceptors (Lipinski definition) is 10. The number of nitrogens with one attached hydrogen (secondary N) is 4. The zero-order valence-electron chi connectivity index (χ0n) is 20.5. The molecule has 0 spiro atoms. The van der Waals surface area contributed by atoms with Crippen LogP contribution < -0.4 is 16.0 Å². The highest BCUT2D eigenvalue weighted by atomic mass is 16.6. The smallest absolute Gasteiger partial charge is 0.343 e. The summed E-state index contributed by atoms with van der Waals surface area (Å²) in [6, 6.07) is 9.30. The maximum absolute atomic E-state index is 13.2. The number of carbonyl (C=O) groups excluding carboxylic acids is 1. The molecule has 3 heterocycles. The molecule has 2 aliphatic rings. The first-order valence-corrected chi connectivity index (χ1v) is 12.3. The molecule has 1 saturated heterocycles. The first-order chi connectivity index (χ1) is 18.0. The lowest BCUT2D eigenvalue weighted by molar-refractivity contribution is -0.384. The fourth-order valence-electron chi connectivity index (χ4n) is 4.12. The van der Waals surface area contributed by atoms with Gasteiger partial charge in [-0.05, 0) is 31.4 Å². The van der Waals surface area contributed by atoms with Gasteiger partial charge in [-0.2, -0.15) is 10.1 Å². The molecule has 13 nitrogen and oxygen atoms in total. The van der Waals surface area contributed by atoms with Gasteiger partial charge in [0.15, 0.2) is 5.82 Å². The van der Waals surface area contributed by atoms with Gasteiger partial charge in [0.25, 0.3) is 5.91 Å². The van der Waals surface area contributed by atoms with Crippen LogP contribution in [0.15, 0.2) is 30.3 Å². The molecule has 5 rings (SSSR count).